The molecule has 6 nitrogen and oxygen atoms in total. The van der Waals surface area contributed by atoms with E-state index in [1.165, 1.54) is 0 Å². The van der Waals surface area contributed by atoms with Crippen LogP contribution in [0.1, 0.15) is 13.8 Å². The normalized spacial score (nSPS) is 14.9. The molecule has 0 aliphatic rings. The predicted molar refractivity (Wildman–Crippen MR) is 48.2 cm³/mol. The van der Waals surface area contributed by atoms with Gasteiger partial charge >= 0.3 is 13.8 Å². The zero-order valence-corrected chi connectivity index (χ0v) is 9.15. The minimum atomic E-state index is -3.81. The van der Waals surface area contributed by atoms with Gasteiger partial charge in [-0.25, -0.2) is 9.36 Å². The van der Waals surface area contributed by atoms with Crippen LogP contribution in [0.3, 0.4) is 0 Å². The molecule has 0 aromatic heterocycles. The molecule has 0 spiro atoms. The molecule has 0 radical (unpaired) electrons. The van der Waals surface area contributed by atoms with E-state index in [0.29, 0.717) is 0 Å². The summed E-state index contributed by atoms with van der Waals surface area (Å²) in [6.07, 6.45) is 0.471. The molecular formula is C7H13O6P. The van der Waals surface area contributed by atoms with Crippen LogP contribution in [0.4, 0.5) is 0 Å². The third-order valence-electron chi connectivity index (χ3n) is 0.941. The first-order chi connectivity index (χ1) is 6.43. The first-order valence-corrected chi connectivity index (χ1v) is 5.26. The highest BCUT2D eigenvalue weighted by Crippen LogP contribution is 2.49. The highest BCUT2D eigenvalue weighted by Gasteiger charge is 2.29. The van der Waals surface area contributed by atoms with Crippen molar-refractivity contribution in [3.05, 3.63) is 12.7 Å². The van der Waals surface area contributed by atoms with Gasteiger partial charge in [0, 0.05) is 13.2 Å². The van der Waals surface area contributed by atoms with Crippen molar-refractivity contribution in [2.75, 3.05) is 7.11 Å². The molecule has 0 saturated heterocycles. The average Bonchev–Trinajstić information content (AvgIpc) is 2.13. The number of phosphoric acid groups is 1. The summed E-state index contributed by atoms with van der Waals surface area (Å²) >= 11 is 0. The summed E-state index contributed by atoms with van der Waals surface area (Å²) in [5.74, 6) is -0.880. The molecule has 0 N–H and O–H groups in total. The van der Waals surface area contributed by atoms with Gasteiger partial charge in [-0.1, -0.05) is 11.3 Å². The molecule has 7 heteroatoms. The van der Waals surface area contributed by atoms with Crippen molar-refractivity contribution in [1.82, 2.24) is 0 Å². The third kappa shape index (κ3) is 5.14. The van der Waals surface area contributed by atoms with Crippen LogP contribution in [0.2, 0.25) is 0 Å². The first-order valence-electron chi connectivity index (χ1n) is 3.80. The first kappa shape index (κ1) is 13.3. The van der Waals surface area contributed by atoms with Gasteiger partial charge in [-0.3, -0.25) is 13.9 Å². The Bertz CT molecular complexity index is 249. The maximum absolute atomic E-state index is 11.4. The lowest BCUT2D eigenvalue weighted by atomic mass is 10.5. The Labute approximate surface area is 82.3 Å². The predicted octanol–water partition coefficient (Wildman–Crippen LogP) is 1.83. The molecule has 14 heavy (non-hydrogen) atoms. The van der Waals surface area contributed by atoms with E-state index in [-0.39, 0.29) is 6.10 Å². The monoisotopic (exact) mass is 224 g/mol. The van der Waals surface area contributed by atoms with E-state index < -0.39 is 13.8 Å². The topological polar surface area (TPSA) is 71.1 Å². The lowest BCUT2D eigenvalue weighted by Crippen LogP contribution is -2.07. The summed E-state index contributed by atoms with van der Waals surface area (Å²) in [4.78, 5) is 14.6. The molecule has 0 aliphatic carbocycles. The molecule has 0 aliphatic heterocycles. The molecule has 82 valence electrons. The lowest BCUT2D eigenvalue weighted by molar-refractivity contribution is -0.219. The SMILES string of the molecule is C=CC(=O)OOP(=O)(OC)OC(C)C. The number of carbonyl (C=O) groups excluding carboxylic acids is 1. The molecular weight excluding hydrogens is 211 g/mol. The van der Waals surface area contributed by atoms with Gasteiger partial charge < -0.3 is 0 Å². The molecule has 1 unspecified atom stereocenters. The summed E-state index contributed by atoms with van der Waals surface area (Å²) in [5, 5.41) is 0. The van der Waals surface area contributed by atoms with E-state index >= 15 is 0 Å². The highest BCUT2D eigenvalue weighted by atomic mass is 31.2. The smallest absolute Gasteiger partial charge is 0.288 e. The van der Waals surface area contributed by atoms with Gasteiger partial charge in [0.25, 0.3) is 0 Å². The quantitative estimate of drug-likeness (QED) is 0.296. The third-order valence-corrected chi connectivity index (χ3v) is 2.33. The minimum Gasteiger partial charge on any atom is -0.288 e. The van der Waals surface area contributed by atoms with Crippen molar-refractivity contribution in [2.45, 2.75) is 20.0 Å². The van der Waals surface area contributed by atoms with Crippen LogP contribution in [-0.2, 0) is 28.0 Å². The molecule has 0 bridgehead atoms. The molecule has 0 aromatic rings. The number of rotatable bonds is 6. The molecule has 0 amide bonds. The van der Waals surface area contributed by atoms with Crippen molar-refractivity contribution < 1.29 is 28.0 Å². The maximum atomic E-state index is 11.4. The van der Waals surface area contributed by atoms with E-state index in [9.17, 15) is 9.36 Å². The Hall–Kier alpha value is -0.680. The fourth-order valence-electron chi connectivity index (χ4n) is 0.466. The van der Waals surface area contributed by atoms with E-state index in [2.05, 4.69) is 20.7 Å². The van der Waals surface area contributed by atoms with Gasteiger partial charge in [0.05, 0.1) is 6.10 Å². The van der Waals surface area contributed by atoms with Crippen LogP contribution >= 0.6 is 7.82 Å². The van der Waals surface area contributed by atoms with Crippen molar-refractivity contribution >= 4 is 13.8 Å². The molecule has 0 rings (SSSR count). The van der Waals surface area contributed by atoms with E-state index in [1.807, 2.05) is 0 Å². The fourth-order valence-corrected chi connectivity index (χ4v) is 1.33. The molecule has 0 fully saturated rings. The number of carbonyl (C=O) groups is 1. The Balaban J connectivity index is 4.19. The summed E-state index contributed by atoms with van der Waals surface area (Å²) < 4.78 is 24.9. The molecule has 0 aromatic carbocycles. The van der Waals surface area contributed by atoms with E-state index in [4.69, 9.17) is 4.52 Å². The number of hydrogen-bond acceptors (Lipinski definition) is 6. The van der Waals surface area contributed by atoms with E-state index in [0.717, 1.165) is 13.2 Å². The molecule has 0 saturated carbocycles. The van der Waals surface area contributed by atoms with Gasteiger partial charge in [0.15, 0.2) is 0 Å². The van der Waals surface area contributed by atoms with Crippen LogP contribution in [-0.4, -0.2) is 19.2 Å². The zero-order chi connectivity index (χ0) is 11.2. The van der Waals surface area contributed by atoms with Gasteiger partial charge in [0.1, 0.15) is 0 Å². The van der Waals surface area contributed by atoms with Crippen molar-refractivity contribution in [1.29, 1.82) is 0 Å². The Morgan fingerprint density at radius 1 is 1.50 bits per heavy atom. The zero-order valence-electron chi connectivity index (χ0n) is 8.26. The summed E-state index contributed by atoms with van der Waals surface area (Å²) in [5.41, 5.74) is 0. The Kier molecular flexibility index (Phi) is 5.64. The van der Waals surface area contributed by atoms with Crippen LogP contribution in [0.25, 0.3) is 0 Å². The van der Waals surface area contributed by atoms with Crippen molar-refractivity contribution in [3.63, 3.8) is 0 Å². The van der Waals surface area contributed by atoms with Gasteiger partial charge in [-0.05, 0) is 13.8 Å². The number of hydrogen-bond donors (Lipinski definition) is 0. The van der Waals surface area contributed by atoms with Crippen molar-refractivity contribution in [3.8, 4) is 0 Å². The van der Waals surface area contributed by atoms with Crippen LogP contribution in [0, 0.1) is 0 Å². The summed E-state index contributed by atoms with van der Waals surface area (Å²) in [7, 11) is -2.70. The largest absolute Gasteiger partial charge is 0.511 e. The second-order valence-corrected chi connectivity index (χ2v) is 4.08. The van der Waals surface area contributed by atoms with Gasteiger partial charge in [-0.15, -0.1) is 0 Å². The standard InChI is InChI=1S/C7H13O6P/c1-5-7(8)11-13-14(9,10-4)12-6(2)3/h5-6H,1H2,2-4H3. The van der Waals surface area contributed by atoms with Crippen LogP contribution < -0.4 is 0 Å². The highest BCUT2D eigenvalue weighted by molar-refractivity contribution is 7.48. The molecule has 1 atom stereocenters. The summed E-state index contributed by atoms with van der Waals surface area (Å²) in [6.45, 7) is 6.38. The van der Waals surface area contributed by atoms with Crippen LogP contribution in [0.15, 0.2) is 12.7 Å². The van der Waals surface area contributed by atoms with Gasteiger partial charge in [0.2, 0.25) is 0 Å². The number of phosphoric ester groups is 1. The second kappa shape index (κ2) is 5.93. The minimum absolute atomic E-state index is 0.386. The fraction of sp³-hybridized carbons (Fsp3) is 0.571. The van der Waals surface area contributed by atoms with Crippen molar-refractivity contribution in [2.24, 2.45) is 0 Å². The van der Waals surface area contributed by atoms with Gasteiger partial charge in [-0.2, -0.15) is 0 Å². The van der Waals surface area contributed by atoms with Crippen LogP contribution in [0.5, 0.6) is 0 Å². The molecule has 0 heterocycles. The Morgan fingerprint density at radius 2 is 2.07 bits per heavy atom. The Morgan fingerprint density at radius 3 is 2.43 bits per heavy atom. The second-order valence-electron chi connectivity index (χ2n) is 2.46. The summed E-state index contributed by atoms with van der Waals surface area (Å²) in [6, 6.07) is 0. The van der Waals surface area contributed by atoms with E-state index in [1.54, 1.807) is 13.8 Å². The average molecular weight is 224 g/mol. The lowest BCUT2D eigenvalue weighted by Gasteiger charge is -2.15. The maximum Gasteiger partial charge on any atom is 0.511 e.